The predicted octanol–water partition coefficient (Wildman–Crippen LogP) is 1.53. The molecule has 3 nitrogen and oxygen atoms in total. The standard InChI is InChI=1S/C11H14F2N2O.ClH/c12-10(13)7-15-11(16)9(6-14)8-4-2-1-3-5-8;/h1-5,9-10H,6-7,14H2,(H,15,16);1H. The minimum absolute atomic E-state index is 0. The van der Waals surface area contributed by atoms with E-state index in [-0.39, 0.29) is 19.0 Å². The zero-order valence-electron chi connectivity index (χ0n) is 9.11. The molecule has 96 valence electrons. The number of nitrogens with two attached hydrogens (primary N) is 1. The highest BCUT2D eigenvalue weighted by Crippen LogP contribution is 2.14. The van der Waals surface area contributed by atoms with Crippen molar-refractivity contribution in [3.63, 3.8) is 0 Å². The Morgan fingerprint density at radius 1 is 1.29 bits per heavy atom. The fraction of sp³-hybridized carbons (Fsp3) is 0.364. The molecule has 0 aromatic heterocycles. The Balaban J connectivity index is 0.00000256. The van der Waals surface area contributed by atoms with Gasteiger partial charge < -0.3 is 11.1 Å². The molecule has 1 aromatic carbocycles. The molecule has 0 bridgehead atoms. The van der Waals surface area contributed by atoms with Gasteiger partial charge >= 0.3 is 0 Å². The lowest BCUT2D eigenvalue weighted by atomic mass is 9.98. The predicted molar refractivity (Wildman–Crippen MR) is 64.5 cm³/mol. The van der Waals surface area contributed by atoms with Crippen LogP contribution in [0.5, 0.6) is 0 Å². The molecule has 0 saturated heterocycles. The van der Waals surface area contributed by atoms with E-state index in [4.69, 9.17) is 5.73 Å². The minimum atomic E-state index is -2.54. The molecular weight excluding hydrogens is 250 g/mol. The van der Waals surface area contributed by atoms with Crippen LogP contribution in [-0.4, -0.2) is 25.4 Å². The monoisotopic (exact) mass is 264 g/mol. The quantitative estimate of drug-likeness (QED) is 0.847. The fourth-order valence-corrected chi connectivity index (χ4v) is 1.38. The summed E-state index contributed by atoms with van der Waals surface area (Å²) in [5, 5.41) is 2.16. The Hall–Kier alpha value is -1.20. The Kier molecular flexibility index (Phi) is 7.41. The van der Waals surface area contributed by atoms with E-state index in [1.807, 2.05) is 6.07 Å². The lowest BCUT2D eigenvalue weighted by Gasteiger charge is -2.14. The van der Waals surface area contributed by atoms with Gasteiger partial charge in [-0.3, -0.25) is 4.79 Å². The Bertz CT molecular complexity index is 336. The first-order valence-electron chi connectivity index (χ1n) is 4.96. The lowest BCUT2D eigenvalue weighted by molar-refractivity contribution is -0.123. The third-order valence-electron chi connectivity index (χ3n) is 2.18. The first-order chi connectivity index (χ1) is 7.65. The lowest BCUT2D eigenvalue weighted by Crippen LogP contribution is -2.36. The number of benzene rings is 1. The van der Waals surface area contributed by atoms with Gasteiger partial charge in [-0.1, -0.05) is 30.3 Å². The van der Waals surface area contributed by atoms with Gasteiger partial charge in [-0.15, -0.1) is 12.4 Å². The largest absolute Gasteiger partial charge is 0.350 e. The molecule has 0 aliphatic rings. The fourth-order valence-electron chi connectivity index (χ4n) is 1.38. The van der Waals surface area contributed by atoms with Crippen molar-refractivity contribution in [2.24, 2.45) is 5.73 Å². The zero-order chi connectivity index (χ0) is 12.0. The number of amides is 1. The normalized spacial score (nSPS) is 11.8. The number of carbonyl (C=O) groups excluding carboxylic acids is 1. The van der Waals surface area contributed by atoms with Crippen LogP contribution < -0.4 is 11.1 Å². The number of hydrogen-bond donors (Lipinski definition) is 2. The maximum atomic E-state index is 11.9. The summed E-state index contributed by atoms with van der Waals surface area (Å²) < 4.78 is 23.8. The molecule has 0 radical (unpaired) electrons. The van der Waals surface area contributed by atoms with Crippen LogP contribution in [0.4, 0.5) is 8.78 Å². The van der Waals surface area contributed by atoms with Crippen molar-refractivity contribution in [2.75, 3.05) is 13.1 Å². The van der Waals surface area contributed by atoms with Gasteiger partial charge in [0, 0.05) is 6.54 Å². The first-order valence-corrected chi connectivity index (χ1v) is 4.96. The molecule has 0 aliphatic heterocycles. The van der Waals surface area contributed by atoms with Crippen LogP contribution in [0.25, 0.3) is 0 Å². The molecule has 0 spiro atoms. The third-order valence-corrected chi connectivity index (χ3v) is 2.18. The van der Waals surface area contributed by atoms with Crippen LogP contribution in [0.3, 0.4) is 0 Å². The van der Waals surface area contributed by atoms with Crippen LogP contribution in [0.2, 0.25) is 0 Å². The van der Waals surface area contributed by atoms with E-state index in [2.05, 4.69) is 5.32 Å². The second-order valence-corrected chi connectivity index (χ2v) is 3.34. The van der Waals surface area contributed by atoms with Crippen molar-refractivity contribution >= 4 is 18.3 Å². The Labute approximate surface area is 105 Å². The molecule has 0 saturated carbocycles. The molecule has 6 heteroatoms. The smallest absolute Gasteiger partial charge is 0.255 e. The maximum Gasteiger partial charge on any atom is 0.255 e. The molecule has 3 N–H and O–H groups in total. The SMILES string of the molecule is Cl.NCC(C(=O)NCC(F)F)c1ccccc1. The number of hydrogen-bond acceptors (Lipinski definition) is 2. The molecule has 17 heavy (non-hydrogen) atoms. The topological polar surface area (TPSA) is 55.1 Å². The van der Waals surface area contributed by atoms with Gasteiger partial charge in [0.1, 0.15) is 0 Å². The van der Waals surface area contributed by atoms with Crippen LogP contribution in [-0.2, 0) is 4.79 Å². The summed E-state index contributed by atoms with van der Waals surface area (Å²) in [6.45, 7) is -0.540. The highest BCUT2D eigenvalue weighted by Gasteiger charge is 2.19. The molecule has 1 unspecified atom stereocenters. The van der Waals surface area contributed by atoms with Gasteiger partial charge in [-0.2, -0.15) is 0 Å². The van der Waals surface area contributed by atoms with Crippen molar-refractivity contribution in [1.29, 1.82) is 0 Å². The van der Waals surface area contributed by atoms with Gasteiger partial charge in [0.25, 0.3) is 6.43 Å². The molecule has 1 aromatic rings. The van der Waals surface area contributed by atoms with Crippen molar-refractivity contribution in [1.82, 2.24) is 5.32 Å². The summed E-state index contributed by atoms with van der Waals surface area (Å²) in [5.41, 5.74) is 6.20. The molecule has 0 fully saturated rings. The number of alkyl halides is 2. The van der Waals surface area contributed by atoms with Crippen LogP contribution >= 0.6 is 12.4 Å². The maximum absolute atomic E-state index is 11.9. The second kappa shape index (κ2) is 7.97. The number of halogens is 3. The highest BCUT2D eigenvalue weighted by molar-refractivity contribution is 5.85. The van der Waals surface area contributed by atoms with E-state index in [1.54, 1.807) is 24.3 Å². The molecule has 1 amide bonds. The second-order valence-electron chi connectivity index (χ2n) is 3.34. The van der Waals surface area contributed by atoms with E-state index in [0.29, 0.717) is 0 Å². The number of nitrogens with one attached hydrogen (secondary N) is 1. The van der Waals surface area contributed by atoms with E-state index in [9.17, 15) is 13.6 Å². The third kappa shape index (κ3) is 5.10. The van der Waals surface area contributed by atoms with E-state index in [1.165, 1.54) is 0 Å². The van der Waals surface area contributed by atoms with Gasteiger partial charge in [-0.25, -0.2) is 8.78 Å². The van der Waals surface area contributed by atoms with Crippen molar-refractivity contribution in [3.05, 3.63) is 35.9 Å². The van der Waals surface area contributed by atoms with Gasteiger partial charge in [0.15, 0.2) is 0 Å². The number of rotatable bonds is 5. The van der Waals surface area contributed by atoms with E-state index < -0.39 is 24.8 Å². The van der Waals surface area contributed by atoms with Crippen LogP contribution in [0.1, 0.15) is 11.5 Å². The van der Waals surface area contributed by atoms with Gasteiger partial charge in [-0.05, 0) is 5.56 Å². The summed E-state index contributed by atoms with van der Waals surface area (Å²) >= 11 is 0. The van der Waals surface area contributed by atoms with Crippen molar-refractivity contribution < 1.29 is 13.6 Å². The summed E-state index contributed by atoms with van der Waals surface area (Å²) in [7, 11) is 0. The molecule has 1 atom stereocenters. The highest BCUT2D eigenvalue weighted by atomic mass is 35.5. The summed E-state index contributed by atoms with van der Waals surface area (Å²) in [4.78, 5) is 11.6. The van der Waals surface area contributed by atoms with E-state index >= 15 is 0 Å². The average Bonchev–Trinajstić information content (AvgIpc) is 2.29. The molecule has 1 rings (SSSR count). The molecule has 0 heterocycles. The molecular formula is C11H15ClF2N2O. The van der Waals surface area contributed by atoms with Gasteiger partial charge in [0.05, 0.1) is 12.5 Å². The van der Waals surface area contributed by atoms with Crippen molar-refractivity contribution in [3.8, 4) is 0 Å². The zero-order valence-corrected chi connectivity index (χ0v) is 9.92. The summed E-state index contributed by atoms with van der Waals surface area (Å²) in [5.74, 6) is -1.03. The van der Waals surface area contributed by atoms with Crippen molar-refractivity contribution in [2.45, 2.75) is 12.3 Å². The Morgan fingerprint density at radius 3 is 2.35 bits per heavy atom. The van der Waals surface area contributed by atoms with Crippen LogP contribution in [0.15, 0.2) is 30.3 Å². The Morgan fingerprint density at radius 2 is 1.88 bits per heavy atom. The number of carbonyl (C=O) groups is 1. The van der Waals surface area contributed by atoms with Crippen LogP contribution in [0, 0.1) is 0 Å². The first kappa shape index (κ1) is 15.8. The minimum Gasteiger partial charge on any atom is -0.350 e. The molecule has 0 aliphatic carbocycles. The average molecular weight is 265 g/mol. The summed E-state index contributed by atoms with van der Waals surface area (Å²) in [6.07, 6.45) is -2.54. The summed E-state index contributed by atoms with van der Waals surface area (Å²) in [6, 6.07) is 8.86. The van der Waals surface area contributed by atoms with E-state index in [0.717, 1.165) is 5.56 Å². The van der Waals surface area contributed by atoms with Gasteiger partial charge in [0.2, 0.25) is 5.91 Å².